The largest absolute Gasteiger partial charge is 0.480 e. The van der Waals surface area contributed by atoms with E-state index in [4.69, 9.17) is 9.84 Å². The zero-order chi connectivity index (χ0) is 12.4. The molecule has 5 nitrogen and oxygen atoms in total. The molecule has 0 fully saturated rings. The van der Waals surface area contributed by atoms with Crippen LogP contribution in [0.1, 0.15) is 20.3 Å². The minimum atomic E-state index is -3.68. The molecule has 92 valence electrons. The fourth-order valence-corrected chi connectivity index (χ4v) is 2.63. The fourth-order valence-electron chi connectivity index (χ4n) is 1.25. The lowest BCUT2D eigenvalue weighted by atomic mass is 10.2. The number of rotatable bonds is 4. The molecular formula is C10H16O5S. The molecule has 0 aromatic rings. The third kappa shape index (κ3) is 2.62. The van der Waals surface area contributed by atoms with Crippen LogP contribution in [0.15, 0.2) is 11.6 Å². The Bertz CT molecular complexity index is 405. The molecule has 0 radical (unpaired) electrons. The molecule has 1 rings (SSSR count). The molecule has 6 heteroatoms. The van der Waals surface area contributed by atoms with E-state index in [9.17, 15) is 13.2 Å². The highest BCUT2D eigenvalue weighted by Crippen LogP contribution is 2.22. The van der Waals surface area contributed by atoms with Crippen LogP contribution in [0.5, 0.6) is 0 Å². The summed E-state index contributed by atoms with van der Waals surface area (Å²) in [6, 6.07) is 0. The highest BCUT2D eigenvalue weighted by molar-refractivity contribution is 7.93. The van der Waals surface area contributed by atoms with Gasteiger partial charge in [0.1, 0.15) is 0 Å². The molecule has 0 saturated heterocycles. The van der Waals surface area contributed by atoms with E-state index in [2.05, 4.69) is 0 Å². The normalized spacial score (nSPS) is 18.0. The maximum absolute atomic E-state index is 11.9. The number of ether oxygens (including phenoxy) is 1. The standard InChI is InChI=1S/C10H16O5S/c1-10(2,9(11)12)16(13,14)7-8-3-5-15-6-4-8/h3H,4-7H2,1-2H3,(H,11,12). The van der Waals surface area contributed by atoms with Gasteiger partial charge in [-0.05, 0) is 20.3 Å². The van der Waals surface area contributed by atoms with Crippen LogP contribution >= 0.6 is 0 Å². The summed E-state index contributed by atoms with van der Waals surface area (Å²) in [5.74, 6) is -1.52. The maximum Gasteiger partial charge on any atom is 0.324 e. The Labute approximate surface area is 95.0 Å². The average Bonchev–Trinajstić information content (AvgIpc) is 2.18. The van der Waals surface area contributed by atoms with Crippen LogP contribution in [-0.2, 0) is 19.4 Å². The molecule has 0 unspecified atom stereocenters. The van der Waals surface area contributed by atoms with Gasteiger partial charge in [0.25, 0.3) is 0 Å². The van der Waals surface area contributed by atoms with E-state index >= 15 is 0 Å². The number of carboxylic acid groups (broad SMARTS) is 1. The van der Waals surface area contributed by atoms with Gasteiger partial charge >= 0.3 is 5.97 Å². The summed E-state index contributed by atoms with van der Waals surface area (Å²) in [5, 5.41) is 8.88. The first-order valence-corrected chi connectivity index (χ1v) is 6.64. The average molecular weight is 248 g/mol. The Balaban J connectivity index is 2.87. The molecule has 0 aromatic heterocycles. The Morgan fingerprint density at radius 2 is 2.19 bits per heavy atom. The van der Waals surface area contributed by atoms with Gasteiger partial charge in [-0.3, -0.25) is 4.79 Å². The lowest BCUT2D eigenvalue weighted by Crippen LogP contribution is -2.42. The Morgan fingerprint density at radius 3 is 2.62 bits per heavy atom. The molecule has 1 aliphatic heterocycles. The van der Waals surface area contributed by atoms with Gasteiger partial charge in [-0.2, -0.15) is 0 Å². The highest BCUT2D eigenvalue weighted by atomic mass is 32.2. The quantitative estimate of drug-likeness (QED) is 0.737. The lowest BCUT2D eigenvalue weighted by molar-refractivity contribution is -0.139. The smallest absolute Gasteiger partial charge is 0.324 e. The van der Waals surface area contributed by atoms with Gasteiger partial charge in [0.15, 0.2) is 14.6 Å². The van der Waals surface area contributed by atoms with Crippen molar-refractivity contribution in [2.24, 2.45) is 0 Å². The molecule has 0 saturated carbocycles. The summed E-state index contributed by atoms with van der Waals surface area (Å²) in [6.45, 7) is 3.32. The topological polar surface area (TPSA) is 80.7 Å². The van der Waals surface area contributed by atoms with E-state index < -0.39 is 20.6 Å². The van der Waals surface area contributed by atoms with Crippen molar-refractivity contribution in [2.75, 3.05) is 19.0 Å². The fraction of sp³-hybridized carbons (Fsp3) is 0.700. The Hall–Kier alpha value is -0.880. The maximum atomic E-state index is 11.9. The molecule has 1 aliphatic rings. The van der Waals surface area contributed by atoms with Gasteiger partial charge in [-0.15, -0.1) is 0 Å². The van der Waals surface area contributed by atoms with Crippen molar-refractivity contribution in [2.45, 2.75) is 25.0 Å². The second kappa shape index (κ2) is 4.55. The first kappa shape index (κ1) is 13.2. The lowest BCUT2D eigenvalue weighted by Gasteiger charge is -2.22. The molecule has 0 amide bonds. The van der Waals surface area contributed by atoms with Crippen LogP contribution in [0.4, 0.5) is 0 Å². The zero-order valence-electron chi connectivity index (χ0n) is 9.39. The van der Waals surface area contributed by atoms with Gasteiger partial charge in [0.05, 0.1) is 19.0 Å². The van der Waals surface area contributed by atoms with Crippen LogP contribution in [-0.4, -0.2) is 43.2 Å². The third-order valence-corrected chi connectivity index (χ3v) is 5.21. The van der Waals surface area contributed by atoms with E-state index in [0.29, 0.717) is 19.6 Å². The number of carbonyl (C=O) groups is 1. The number of hydrogen-bond donors (Lipinski definition) is 1. The molecule has 0 aromatic carbocycles. The van der Waals surface area contributed by atoms with Crippen LogP contribution in [0, 0.1) is 0 Å². The highest BCUT2D eigenvalue weighted by Gasteiger charge is 2.41. The van der Waals surface area contributed by atoms with Crippen LogP contribution < -0.4 is 0 Å². The molecule has 16 heavy (non-hydrogen) atoms. The van der Waals surface area contributed by atoms with E-state index in [1.807, 2.05) is 0 Å². The van der Waals surface area contributed by atoms with Crippen molar-refractivity contribution < 1.29 is 23.1 Å². The van der Waals surface area contributed by atoms with Crippen molar-refractivity contribution >= 4 is 15.8 Å². The van der Waals surface area contributed by atoms with Gasteiger partial charge in [-0.25, -0.2) is 8.42 Å². The predicted molar refractivity (Wildman–Crippen MR) is 59.0 cm³/mol. The first-order valence-electron chi connectivity index (χ1n) is 4.99. The van der Waals surface area contributed by atoms with Crippen LogP contribution in [0.3, 0.4) is 0 Å². The second-order valence-corrected chi connectivity index (χ2v) is 6.80. The zero-order valence-corrected chi connectivity index (χ0v) is 10.2. The third-order valence-electron chi connectivity index (χ3n) is 2.73. The number of hydrogen-bond acceptors (Lipinski definition) is 4. The molecule has 1 N–H and O–H groups in total. The van der Waals surface area contributed by atoms with Gasteiger partial charge in [0, 0.05) is 0 Å². The van der Waals surface area contributed by atoms with Crippen molar-refractivity contribution in [3.63, 3.8) is 0 Å². The van der Waals surface area contributed by atoms with E-state index in [1.54, 1.807) is 6.08 Å². The van der Waals surface area contributed by atoms with Crippen molar-refractivity contribution in [1.82, 2.24) is 0 Å². The van der Waals surface area contributed by atoms with Crippen LogP contribution in [0.25, 0.3) is 0 Å². The molecule has 0 bridgehead atoms. The number of carboxylic acids is 1. The minimum Gasteiger partial charge on any atom is -0.480 e. The van der Waals surface area contributed by atoms with Gasteiger partial charge < -0.3 is 9.84 Å². The SMILES string of the molecule is CC(C)(C(=O)O)S(=O)(=O)CC1=CCOCC1. The molecule has 0 atom stereocenters. The second-order valence-electron chi connectivity index (χ2n) is 4.26. The summed E-state index contributed by atoms with van der Waals surface area (Å²) >= 11 is 0. The Morgan fingerprint density at radius 1 is 1.56 bits per heavy atom. The monoisotopic (exact) mass is 248 g/mol. The van der Waals surface area contributed by atoms with E-state index in [1.165, 1.54) is 13.8 Å². The summed E-state index contributed by atoms with van der Waals surface area (Å²) < 4.78 is 27.1. The number of aliphatic carboxylic acids is 1. The number of sulfone groups is 1. The summed E-state index contributed by atoms with van der Waals surface area (Å²) in [7, 11) is -3.68. The molecule has 0 aliphatic carbocycles. The van der Waals surface area contributed by atoms with E-state index in [-0.39, 0.29) is 5.75 Å². The molecule has 1 heterocycles. The predicted octanol–water partition coefficient (Wildman–Crippen LogP) is 0.611. The van der Waals surface area contributed by atoms with Gasteiger partial charge in [-0.1, -0.05) is 11.6 Å². The van der Waals surface area contributed by atoms with Crippen LogP contribution in [0.2, 0.25) is 0 Å². The van der Waals surface area contributed by atoms with E-state index in [0.717, 1.165) is 5.57 Å². The molecule has 0 spiro atoms. The minimum absolute atomic E-state index is 0.199. The molecular weight excluding hydrogens is 232 g/mol. The summed E-state index contributed by atoms with van der Waals surface area (Å²) in [5.41, 5.74) is 0.737. The summed E-state index contributed by atoms with van der Waals surface area (Å²) in [6.07, 6.45) is 2.26. The van der Waals surface area contributed by atoms with Crippen molar-refractivity contribution in [1.29, 1.82) is 0 Å². The first-order chi connectivity index (χ1) is 7.27. The Kier molecular flexibility index (Phi) is 3.75. The van der Waals surface area contributed by atoms with Gasteiger partial charge in [0.2, 0.25) is 0 Å². The van der Waals surface area contributed by atoms with Crippen molar-refractivity contribution in [3.8, 4) is 0 Å². The van der Waals surface area contributed by atoms with Crippen molar-refractivity contribution in [3.05, 3.63) is 11.6 Å². The summed E-state index contributed by atoms with van der Waals surface area (Å²) in [4.78, 5) is 10.9.